The number of carbonyl (C=O) groups is 2. The average Bonchev–Trinajstić information content (AvgIpc) is 2.36. The van der Waals surface area contributed by atoms with Crippen molar-refractivity contribution in [2.45, 2.75) is 39.0 Å². The summed E-state index contributed by atoms with van der Waals surface area (Å²) in [5.41, 5.74) is 0.655. The molecule has 1 aliphatic carbocycles. The van der Waals surface area contributed by atoms with Crippen molar-refractivity contribution < 1.29 is 14.3 Å². The quantitative estimate of drug-likeness (QED) is 0.556. The Labute approximate surface area is 109 Å². The van der Waals surface area contributed by atoms with Gasteiger partial charge >= 0.3 is 5.97 Å². The first-order valence-corrected chi connectivity index (χ1v) is 6.34. The number of allylic oxidation sites excluding steroid dienone is 2. The van der Waals surface area contributed by atoms with Gasteiger partial charge in [-0.05, 0) is 26.2 Å². The number of Topliss-reactive ketones (excluding diaryl/α,β-unsaturated/α-hetero) is 1. The Morgan fingerprint density at radius 1 is 1.50 bits per heavy atom. The summed E-state index contributed by atoms with van der Waals surface area (Å²) in [6, 6.07) is 0. The monoisotopic (exact) mass is 250 g/mol. The van der Waals surface area contributed by atoms with E-state index >= 15 is 0 Å². The van der Waals surface area contributed by atoms with E-state index in [1.54, 1.807) is 6.08 Å². The summed E-state index contributed by atoms with van der Waals surface area (Å²) in [6.45, 7) is 9.69. The van der Waals surface area contributed by atoms with Gasteiger partial charge in [-0.1, -0.05) is 18.2 Å². The summed E-state index contributed by atoms with van der Waals surface area (Å²) in [4.78, 5) is 23.4. The second-order valence-electron chi connectivity index (χ2n) is 5.08. The molecule has 1 fully saturated rings. The number of hydrogen-bond acceptors (Lipinski definition) is 3. The van der Waals surface area contributed by atoms with Crippen LogP contribution in [0, 0.1) is 11.3 Å². The van der Waals surface area contributed by atoms with Crippen LogP contribution >= 0.6 is 0 Å². The molecule has 0 heterocycles. The molecule has 0 radical (unpaired) electrons. The summed E-state index contributed by atoms with van der Waals surface area (Å²) >= 11 is 0. The Kier molecular flexibility index (Phi) is 4.88. The first-order valence-electron chi connectivity index (χ1n) is 6.34. The minimum Gasteiger partial charge on any atom is -0.469 e. The third kappa shape index (κ3) is 2.71. The van der Waals surface area contributed by atoms with Gasteiger partial charge in [0.2, 0.25) is 0 Å². The SMILES string of the molecule is C=CCC(C(=O)OC)C1(C(=C)C)CCC(=O)CC1. The maximum absolute atomic E-state index is 12.0. The number of methoxy groups -OCH3 is 1. The lowest BCUT2D eigenvalue weighted by Gasteiger charge is -2.42. The Morgan fingerprint density at radius 3 is 2.44 bits per heavy atom. The lowest BCUT2D eigenvalue weighted by Crippen LogP contribution is -2.40. The summed E-state index contributed by atoms with van der Waals surface area (Å²) < 4.78 is 4.91. The highest BCUT2D eigenvalue weighted by atomic mass is 16.5. The van der Waals surface area contributed by atoms with Crippen LogP contribution in [0.3, 0.4) is 0 Å². The largest absolute Gasteiger partial charge is 0.469 e. The van der Waals surface area contributed by atoms with Crippen LogP contribution in [-0.2, 0) is 14.3 Å². The molecule has 1 saturated carbocycles. The van der Waals surface area contributed by atoms with Gasteiger partial charge in [0.25, 0.3) is 0 Å². The summed E-state index contributed by atoms with van der Waals surface area (Å²) in [5, 5.41) is 0. The molecular weight excluding hydrogens is 228 g/mol. The number of esters is 1. The molecule has 18 heavy (non-hydrogen) atoms. The van der Waals surface area contributed by atoms with Gasteiger partial charge in [0, 0.05) is 18.3 Å². The van der Waals surface area contributed by atoms with Crippen molar-refractivity contribution in [3.63, 3.8) is 0 Å². The van der Waals surface area contributed by atoms with Gasteiger partial charge in [-0.2, -0.15) is 0 Å². The molecule has 0 aromatic rings. The van der Waals surface area contributed by atoms with Gasteiger partial charge in [0.05, 0.1) is 13.0 Å². The first kappa shape index (κ1) is 14.7. The van der Waals surface area contributed by atoms with Crippen molar-refractivity contribution in [3.05, 3.63) is 24.8 Å². The predicted octanol–water partition coefficient (Wildman–Crippen LogP) is 3.06. The molecule has 1 rings (SSSR count). The van der Waals surface area contributed by atoms with E-state index in [9.17, 15) is 9.59 Å². The third-order valence-corrected chi connectivity index (χ3v) is 4.10. The summed E-state index contributed by atoms with van der Waals surface area (Å²) in [5.74, 6) is -0.230. The Morgan fingerprint density at radius 2 is 2.06 bits per heavy atom. The highest BCUT2D eigenvalue weighted by Crippen LogP contribution is 2.48. The first-order chi connectivity index (χ1) is 8.47. The van der Waals surface area contributed by atoms with Gasteiger partial charge in [0.1, 0.15) is 5.78 Å². The number of ether oxygens (including phenoxy) is 1. The van der Waals surface area contributed by atoms with E-state index in [-0.39, 0.29) is 23.1 Å². The fraction of sp³-hybridized carbons (Fsp3) is 0.600. The normalized spacial score (nSPS) is 20.0. The van der Waals surface area contributed by atoms with Crippen LogP contribution in [0.5, 0.6) is 0 Å². The number of rotatable bonds is 5. The molecule has 0 bridgehead atoms. The van der Waals surface area contributed by atoms with Crippen molar-refractivity contribution in [3.8, 4) is 0 Å². The van der Waals surface area contributed by atoms with Gasteiger partial charge < -0.3 is 4.74 Å². The van der Waals surface area contributed by atoms with Crippen molar-refractivity contribution in [2.75, 3.05) is 7.11 Å². The minimum atomic E-state index is -0.310. The Bertz CT molecular complexity index is 358. The number of hydrogen-bond donors (Lipinski definition) is 0. The van der Waals surface area contributed by atoms with Crippen molar-refractivity contribution >= 4 is 11.8 Å². The molecule has 0 amide bonds. The van der Waals surface area contributed by atoms with E-state index in [1.165, 1.54) is 7.11 Å². The number of carbonyl (C=O) groups excluding carboxylic acids is 2. The van der Waals surface area contributed by atoms with Crippen LogP contribution in [0.15, 0.2) is 24.8 Å². The van der Waals surface area contributed by atoms with E-state index in [4.69, 9.17) is 4.74 Å². The molecule has 1 unspecified atom stereocenters. The van der Waals surface area contributed by atoms with E-state index < -0.39 is 0 Å². The lowest BCUT2D eigenvalue weighted by molar-refractivity contribution is -0.151. The van der Waals surface area contributed by atoms with Crippen LogP contribution < -0.4 is 0 Å². The predicted molar refractivity (Wildman–Crippen MR) is 71.0 cm³/mol. The van der Waals surface area contributed by atoms with Gasteiger partial charge in [-0.25, -0.2) is 0 Å². The van der Waals surface area contributed by atoms with E-state index in [0.29, 0.717) is 32.1 Å². The molecule has 0 aromatic carbocycles. The maximum Gasteiger partial charge on any atom is 0.309 e. The molecule has 0 aliphatic heterocycles. The molecule has 3 nitrogen and oxygen atoms in total. The average molecular weight is 250 g/mol. The molecule has 1 aliphatic rings. The molecule has 0 spiro atoms. The van der Waals surface area contributed by atoms with Crippen LogP contribution in [0.1, 0.15) is 39.0 Å². The molecule has 3 heteroatoms. The van der Waals surface area contributed by atoms with Gasteiger partial charge in [-0.3, -0.25) is 9.59 Å². The van der Waals surface area contributed by atoms with Crippen LogP contribution in [0.2, 0.25) is 0 Å². The third-order valence-electron chi connectivity index (χ3n) is 4.10. The fourth-order valence-electron chi connectivity index (χ4n) is 2.90. The van der Waals surface area contributed by atoms with Crippen LogP contribution in [0.25, 0.3) is 0 Å². The zero-order valence-electron chi connectivity index (χ0n) is 11.3. The highest BCUT2D eigenvalue weighted by Gasteiger charge is 2.45. The van der Waals surface area contributed by atoms with E-state index in [2.05, 4.69) is 13.2 Å². The van der Waals surface area contributed by atoms with Crippen molar-refractivity contribution in [2.24, 2.45) is 11.3 Å². The maximum atomic E-state index is 12.0. The van der Waals surface area contributed by atoms with Gasteiger partial charge in [-0.15, -0.1) is 6.58 Å². The topological polar surface area (TPSA) is 43.4 Å². The molecular formula is C15H22O3. The molecule has 1 atom stereocenters. The minimum absolute atomic E-state index is 0.229. The summed E-state index contributed by atoms with van der Waals surface area (Å²) in [7, 11) is 1.40. The lowest BCUT2D eigenvalue weighted by atomic mass is 9.61. The van der Waals surface area contributed by atoms with Crippen LogP contribution in [0.4, 0.5) is 0 Å². The highest BCUT2D eigenvalue weighted by molar-refractivity contribution is 5.81. The van der Waals surface area contributed by atoms with Crippen molar-refractivity contribution in [1.82, 2.24) is 0 Å². The molecule has 0 N–H and O–H groups in total. The van der Waals surface area contributed by atoms with Gasteiger partial charge in [0.15, 0.2) is 0 Å². The van der Waals surface area contributed by atoms with E-state index in [1.807, 2.05) is 6.92 Å². The number of ketones is 1. The van der Waals surface area contributed by atoms with E-state index in [0.717, 1.165) is 5.57 Å². The summed E-state index contributed by atoms with van der Waals surface area (Å²) in [6.07, 6.45) is 4.73. The second-order valence-corrected chi connectivity index (χ2v) is 5.08. The fourth-order valence-corrected chi connectivity index (χ4v) is 2.90. The molecule has 100 valence electrons. The molecule has 0 saturated heterocycles. The Balaban J connectivity index is 3.07. The zero-order valence-corrected chi connectivity index (χ0v) is 11.3. The standard InChI is InChI=1S/C15H22O3/c1-5-6-13(14(17)18-4)15(11(2)3)9-7-12(16)8-10-15/h5,13H,1-2,6-10H2,3-4H3. The second kappa shape index (κ2) is 5.98. The van der Waals surface area contributed by atoms with Crippen LogP contribution in [-0.4, -0.2) is 18.9 Å². The molecule has 0 aromatic heterocycles. The Hall–Kier alpha value is -1.38. The van der Waals surface area contributed by atoms with Crippen molar-refractivity contribution in [1.29, 1.82) is 0 Å². The smallest absolute Gasteiger partial charge is 0.309 e. The zero-order chi connectivity index (χ0) is 13.8.